The van der Waals surface area contributed by atoms with Crippen molar-refractivity contribution in [3.05, 3.63) is 29.9 Å². The topological polar surface area (TPSA) is 49.0 Å². The number of hydrogen-bond donors (Lipinski definition) is 1. The Morgan fingerprint density at radius 3 is 2.88 bits per heavy atom. The van der Waals surface area contributed by atoms with Gasteiger partial charge < -0.3 is 14.5 Å². The molecule has 3 aliphatic rings. The standard InChI is InChI=1S/C12H14N2O2/c15-13-12-9-3-5-14(6-4-9)11(12)8-10-2-1-7-16-10/h1-2,7-9,15H,3-6H2/b11-8-,13-12+. The molecule has 0 unspecified atom stereocenters. The summed E-state index contributed by atoms with van der Waals surface area (Å²) in [5.41, 5.74) is 1.83. The predicted octanol–water partition coefficient (Wildman–Crippen LogP) is 2.18. The molecule has 0 aliphatic carbocycles. The maximum absolute atomic E-state index is 9.10. The summed E-state index contributed by atoms with van der Waals surface area (Å²) >= 11 is 0. The van der Waals surface area contributed by atoms with Gasteiger partial charge in [-0.2, -0.15) is 0 Å². The molecule has 4 rings (SSSR count). The van der Waals surface area contributed by atoms with Gasteiger partial charge in [0.15, 0.2) is 0 Å². The lowest BCUT2D eigenvalue weighted by atomic mass is 9.84. The van der Waals surface area contributed by atoms with E-state index in [0.29, 0.717) is 5.92 Å². The molecular weight excluding hydrogens is 204 g/mol. The van der Waals surface area contributed by atoms with E-state index in [-0.39, 0.29) is 0 Å². The van der Waals surface area contributed by atoms with Crippen LogP contribution in [0.25, 0.3) is 6.08 Å². The van der Waals surface area contributed by atoms with Crippen LogP contribution in [0.4, 0.5) is 0 Å². The monoisotopic (exact) mass is 218 g/mol. The summed E-state index contributed by atoms with van der Waals surface area (Å²) in [5.74, 6) is 1.22. The van der Waals surface area contributed by atoms with Gasteiger partial charge in [-0.25, -0.2) is 0 Å². The van der Waals surface area contributed by atoms with E-state index in [4.69, 9.17) is 9.62 Å². The van der Waals surface area contributed by atoms with E-state index in [1.807, 2.05) is 18.2 Å². The Bertz CT molecular complexity index is 426. The fourth-order valence-corrected chi connectivity index (χ4v) is 2.57. The van der Waals surface area contributed by atoms with Crippen molar-refractivity contribution < 1.29 is 9.62 Å². The highest BCUT2D eigenvalue weighted by Crippen LogP contribution is 2.33. The molecule has 4 heteroatoms. The van der Waals surface area contributed by atoms with Gasteiger partial charge in [-0.1, -0.05) is 5.16 Å². The Balaban J connectivity index is 1.99. The first-order valence-corrected chi connectivity index (χ1v) is 5.61. The summed E-state index contributed by atoms with van der Waals surface area (Å²) < 4.78 is 5.30. The van der Waals surface area contributed by atoms with E-state index in [2.05, 4.69) is 10.1 Å². The van der Waals surface area contributed by atoms with Crippen LogP contribution in [0.3, 0.4) is 0 Å². The fraction of sp³-hybridized carbons (Fsp3) is 0.417. The predicted molar refractivity (Wildman–Crippen MR) is 60.2 cm³/mol. The van der Waals surface area contributed by atoms with Gasteiger partial charge in [0.05, 0.1) is 12.0 Å². The highest BCUT2D eigenvalue weighted by atomic mass is 16.4. The summed E-state index contributed by atoms with van der Waals surface area (Å²) in [5, 5.41) is 12.6. The lowest BCUT2D eigenvalue weighted by molar-refractivity contribution is 0.229. The van der Waals surface area contributed by atoms with Crippen molar-refractivity contribution >= 4 is 11.8 Å². The zero-order valence-electron chi connectivity index (χ0n) is 8.97. The minimum Gasteiger partial charge on any atom is -0.465 e. The number of piperidine rings is 3. The summed E-state index contributed by atoms with van der Waals surface area (Å²) in [7, 11) is 0. The van der Waals surface area contributed by atoms with E-state index in [0.717, 1.165) is 43.1 Å². The summed E-state index contributed by atoms with van der Waals surface area (Å²) in [4.78, 5) is 2.26. The molecule has 3 saturated heterocycles. The van der Waals surface area contributed by atoms with Gasteiger partial charge in [0.1, 0.15) is 11.5 Å². The first kappa shape index (κ1) is 9.51. The van der Waals surface area contributed by atoms with E-state index in [1.165, 1.54) is 0 Å². The van der Waals surface area contributed by atoms with Crippen LogP contribution >= 0.6 is 0 Å². The number of fused-ring (bicyclic) bond motifs is 3. The SMILES string of the molecule is O/N=C1/C(=C/c2ccco2)N2CCC1CC2. The minimum atomic E-state index is 0.413. The molecule has 84 valence electrons. The molecular formula is C12H14N2O2. The second-order valence-corrected chi connectivity index (χ2v) is 4.29. The van der Waals surface area contributed by atoms with Gasteiger partial charge in [0, 0.05) is 25.1 Å². The summed E-state index contributed by atoms with van der Waals surface area (Å²) in [6.07, 6.45) is 5.79. The number of rotatable bonds is 1. The Hall–Kier alpha value is -1.71. The smallest absolute Gasteiger partial charge is 0.128 e. The largest absolute Gasteiger partial charge is 0.465 e. The molecule has 3 aliphatic heterocycles. The molecule has 0 saturated carbocycles. The Kier molecular flexibility index (Phi) is 2.20. The molecule has 4 nitrogen and oxygen atoms in total. The number of oxime groups is 1. The van der Waals surface area contributed by atoms with Crippen molar-refractivity contribution in [3.63, 3.8) is 0 Å². The number of nitrogens with zero attached hydrogens (tertiary/aromatic N) is 2. The van der Waals surface area contributed by atoms with Crippen LogP contribution in [-0.2, 0) is 0 Å². The average molecular weight is 218 g/mol. The van der Waals surface area contributed by atoms with E-state index in [9.17, 15) is 0 Å². The highest BCUT2D eigenvalue weighted by Gasteiger charge is 2.35. The second-order valence-electron chi connectivity index (χ2n) is 4.29. The van der Waals surface area contributed by atoms with Crippen molar-refractivity contribution in [3.8, 4) is 0 Å². The molecule has 0 aromatic carbocycles. The zero-order valence-corrected chi connectivity index (χ0v) is 8.97. The molecule has 2 bridgehead atoms. The van der Waals surface area contributed by atoms with Gasteiger partial charge in [0.2, 0.25) is 0 Å². The van der Waals surface area contributed by atoms with Crippen molar-refractivity contribution in [1.29, 1.82) is 0 Å². The Morgan fingerprint density at radius 2 is 2.25 bits per heavy atom. The van der Waals surface area contributed by atoms with Crippen molar-refractivity contribution in [2.75, 3.05) is 13.1 Å². The van der Waals surface area contributed by atoms with Crippen LogP contribution in [0.5, 0.6) is 0 Å². The van der Waals surface area contributed by atoms with Crippen molar-refractivity contribution in [2.45, 2.75) is 12.8 Å². The normalized spacial score (nSPS) is 25.9. The first-order valence-electron chi connectivity index (χ1n) is 5.61. The van der Waals surface area contributed by atoms with Gasteiger partial charge >= 0.3 is 0 Å². The number of hydrogen-bond acceptors (Lipinski definition) is 4. The maximum Gasteiger partial charge on any atom is 0.128 e. The van der Waals surface area contributed by atoms with Crippen LogP contribution in [0, 0.1) is 5.92 Å². The second kappa shape index (κ2) is 3.70. The van der Waals surface area contributed by atoms with Crippen LogP contribution in [-0.4, -0.2) is 28.9 Å². The minimum absolute atomic E-state index is 0.413. The molecule has 1 N–H and O–H groups in total. The summed E-state index contributed by atoms with van der Waals surface area (Å²) in [6, 6.07) is 3.77. The molecule has 16 heavy (non-hydrogen) atoms. The fourth-order valence-electron chi connectivity index (χ4n) is 2.57. The number of allylic oxidation sites excluding steroid dienone is 1. The van der Waals surface area contributed by atoms with E-state index in [1.54, 1.807) is 6.26 Å². The quantitative estimate of drug-likeness (QED) is 0.580. The van der Waals surface area contributed by atoms with Crippen LogP contribution in [0.15, 0.2) is 33.7 Å². The highest BCUT2D eigenvalue weighted by molar-refractivity contribution is 6.05. The molecule has 1 aromatic heterocycles. The molecule has 0 amide bonds. The molecule has 0 spiro atoms. The molecule has 4 heterocycles. The Morgan fingerprint density at radius 1 is 1.44 bits per heavy atom. The van der Waals surface area contributed by atoms with Crippen molar-refractivity contribution in [2.24, 2.45) is 11.1 Å². The molecule has 1 aromatic rings. The lowest BCUT2D eigenvalue weighted by Gasteiger charge is -2.42. The average Bonchev–Trinajstić information content (AvgIpc) is 2.83. The molecule has 3 fully saturated rings. The van der Waals surface area contributed by atoms with E-state index < -0.39 is 0 Å². The number of furan rings is 1. The van der Waals surface area contributed by atoms with Gasteiger partial charge in [-0.3, -0.25) is 0 Å². The van der Waals surface area contributed by atoms with Gasteiger partial charge in [-0.05, 0) is 25.0 Å². The lowest BCUT2D eigenvalue weighted by Crippen LogP contribution is -2.46. The third kappa shape index (κ3) is 1.41. The van der Waals surface area contributed by atoms with Crippen LogP contribution < -0.4 is 0 Å². The van der Waals surface area contributed by atoms with Gasteiger partial charge in [-0.15, -0.1) is 0 Å². The zero-order chi connectivity index (χ0) is 11.0. The first-order chi connectivity index (χ1) is 7.88. The summed E-state index contributed by atoms with van der Waals surface area (Å²) in [6.45, 7) is 2.10. The van der Waals surface area contributed by atoms with Crippen LogP contribution in [0.2, 0.25) is 0 Å². The third-order valence-corrected chi connectivity index (χ3v) is 3.41. The maximum atomic E-state index is 9.10. The molecule has 0 atom stereocenters. The Labute approximate surface area is 93.8 Å². The van der Waals surface area contributed by atoms with E-state index >= 15 is 0 Å². The third-order valence-electron chi connectivity index (χ3n) is 3.41. The van der Waals surface area contributed by atoms with Gasteiger partial charge in [0.25, 0.3) is 0 Å². The molecule has 0 radical (unpaired) electrons. The van der Waals surface area contributed by atoms with Crippen LogP contribution in [0.1, 0.15) is 18.6 Å². The van der Waals surface area contributed by atoms with Crippen molar-refractivity contribution in [1.82, 2.24) is 4.90 Å².